The Morgan fingerprint density at radius 3 is 2.50 bits per heavy atom. The largest absolute Gasteiger partial charge is 0.391 e. The lowest BCUT2D eigenvalue weighted by atomic mass is 9.99. The van der Waals surface area contributed by atoms with Crippen molar-refractivity contribution in [1.29, 1.82) is 0 Å². The maximum atomic E-state index is 9.38. The molecule has 0 aromatic carbocycles. The van der Waals surface area contributed by atoms with Crippen LogP contribution in [0.1, 0.15) is 20.3 Å². The lowest BCUT2D eigenvalue weighted by Crippen LogP contribution is -2.26. The number of alkyl halides is 1. The summed E-state index contributed by atoms with van der Waals surface area (Å²) in [5.74, 6) is 0.250. The van der Waals surface area contributed by atoms with Crippen molar-refractivity contribution >= 4 is 11.6 Å². The summed E-state index contributed by atoms with van der Waals surface area (Å²) >= 11 is 5.72. The van der Waals surface area contributed by atoms with Crippen LogP contribution in [-0.4, -0.2) is 16.6 Å². The standard InChI is InChI=1S/C8H15ClO/c1-4-6(3)8(10)7(9)5-2/h5-8,10H,2,4H2,1,3H3/t6-,7-,8-/m0/s1. The molecule has 0 unspecified atom stereocenters. The monoisotopic (exact) mass is 162 g/mol. The van der Waals surface area contributed by atoms with Gasteiger partial charge in [-0.2, -0.15) is 0 Å². The second kappa shape index (κ2) is 4.75. The summed E-state index contributed by atoms with van der Waals surface area (Å²) in [4.78, 5) is 0. The Morgan fingerprint density at radius 1 is 1.70 bits per heavy atom. The van der Waals surface area contributed by atoms with Gasteiger partial charge < -0.3 is 5.11 Å². The van der Waals surface area contributed by atoms with Crippen LogP contribution in [0.5, 0.6) is 0 Å². The summed E-state index contributed by atoms with van der Waals surface area (Å²) in [6, 6.07) is 0. The first-order valence-corrected chi connectivity index (χ1v) is 4.01. The Bertz CT molecular complexity index is 103. The summed E-state index contributed by atoms with van der Waals surface area (Å²) in [6.07, 6.45) is 2.06. The summed E-state index contributed by atoms with van der Waals surface area (Å²) in [7, 11) is 0. The molecule has 3 atom stereocenters. The highest BCUT2D eigenvalue weighted by Crippen LogP contribution is 2.15. The summed E-state index contributed by atoms with van der Waals surface area (Å²) < 4.78 is 0. The molecule has 2 heteroatoms. The molecule has 0 aromatic rings. The Balaban J connectivity index is 3.80. The molecule has 60 valence electrons. The zero-order valence-electron chi connectivity index (χ0n) is 6.55. The molecule has 0 aliphatic carbocycles. The van der Waals surface area contributed by atoms with E-state index in [0.29, 0.717) is 0 Å². The molecule has 10 heavy (non-hydrogen) atoms. The molecule has 0 amide bonds. The lowest BCUT2D eigenvalue weighted by Gasteiger charge is -2.19. The Morgan fingerprint density at radius 2 is 2.20 bits per heavy atom. The number of aliphatic hydroxyl groups excluding tert-OH is 1. The Labute approximate surface area is 67.7 Å². The zero-order chi connectivity index (χ0) is 8.15. The molecule has 0 saturated carbocycles. The molecule has 0 aliphatic rings. The van der Waals surface area contributed by atoms with Gasteiger partial charge in [-0.05, 0) is 5.92 Å². The molecule has 1 N–H and O–H groups in total. The van der Waals surface area contributed by atoms with E-state index in [1.165, 1.54) is 0 Å². The average molecular weight is 163 g/mol. The third-order valence-electron chi connectivity index (χ3n) is 1.78. The van der Waals surface area contributed by atoms with E-state index in [1.807, 2.05) is 13.8 Å². The van der Waals surface area contributed by atoms with Crippen LogP contribution in [-0.2, 0) is 0 Å². The topological polar surface area (TPSA) is 20.2 Å². The number of rotatable bonds is 4. The molecule has 0 saturated heterocycles. The first kappa shape index (κ1) is 9.99. The highest BCUT2D eigenvalue weighted by molar-refractivity contribution is 6.22. The van der Waals surface area contributed by atoms with E-state index in [9.17, 15) is 5.11 Å². The quantitative estimate of drug-likeness (QED) is 0.497. The predicted octanol–water partition coefficient (Wildman–Crippen LogP) is 2.19. The van der Waals surface area contributed by atoms with Crippen molar-refractivity contribution < 1.29 is 5.11 Å². The molecule has 0 heterocycles. The molecule has 0 rings (SSSR count). The molecule has 0 radical (unpaired) electrons. The van der Waals surface area contributed by atoms with Gasteiger partial charge in [-0.15, -0.1) is 18.2 Å². The van der Waals surface area contributed by atoms with Crippen molar-refractivity contribution in [2.24, 2.45) is 5.92 Å². The second-order valence-corrected chi connectivity index (χ2v) is 3.06. The highest BCUT2D eigenvalue weighted by Gasteiger charge is 2.18. The van der Waals surface area contributed by atoms with E-state index in [2.05, 4.69) is 6.58 Å². The molecular formula is C8H15ClO. The molecule has 0 spiro atoms. The second-order valence-electron chi connectivity index (χ2n) is 2.56. The van der Waals surface area contributed by atoms with E-state index in [-0.39, 0.29) is 11.3 Å². The van der Waals surface area contributed by atoms with Crippen LogP contribution in [0, 0.1) is 5.92 Å². The van der Waals surface area contributed by atoms with Crippen LogP contribution < -0.4 is 0 Å². The molecular weight excluding hydrogens is 148 g/mol. The van der Waals surface area contributed by atoms with Crippen LogP contribution in [0.25, 0.3) is 0 Å². The fourth-order valence-corrected chi connectivity index (χ4v) is 0.943. The molecule has 0 bridgehead atoms. The maximum absolute atomic E-state index is 9.38. The normalized spacial score (nSPS) is 19.6. The first-order valence-electron chi connectivity index (χ1n) is 3.58. The molecule has 0 fully saturated rings. The molecule has 1 nitrogen and oxygen atoms in total. The van der Waals surface area contributed by atoms with Gasteiger partial charge in [0, 0.05) is 0 Å². The van der Waals surface area contributed by atoms with E-state index in [0.717, 1.165) is 6.42 Å². The Hall–Kier alpha value is -0.0100. The fraction of sp³-hybridized carbons (Fsp3) is 0.750. The van der Waals surface area contributed by atoms with Gasteiger partial charge in [0.2, 0.25) is 0 Å². The van der Waals surface area contributed by atoms with Gasteiger partial charge in [-0.3, -0.25) is 0 Å². The SMILES string of the molecule is C=C[C@H](Cl)[C@@H](O)[C@@H](C)CC. The summed E-state index contributed by atoms with van der Waals surface area (Å²) in [6.45, 7) is 7.51. The van der Waals surface area contributed by atoms with Crippen LogP contribution >= 0.6 is 11.6 Å². The number of hydrogen-bond acceptors (Lipinski definition) is 1. The highest BCUT2D eigenvalue weighted by atomic mass is 35.5. The zero-order valence-corrected chi connectivity index (χ0v) is 7.30. The van der Waals surface area contributed by atoms with Crippen LogP contribution in [0.2, 0.25) is 0 Å². The van der Waals surface area contributed by atoms with Gasteiger partial charge in [0.15, 0.2) is 0 Å². The van der Waals surface area contributed by atoms with E-state index < -0.39 is 6.10 Å². The lowest BCUT2D eigenvalue weighted by molar-refractivity contribution is 0.120. The fourth-order valence-electron chi connectivity index (χ4n) is 0.695. The van der Waals surface area contributed by atoms with Crippen LogP contribution in [0.4, 0.5) is 0 Å². The third kappa shape index (κ3) is 2.72. The van der Waals surface area contributed by atoms with Gasteiger partial charge in [0.1, 0.15) is 0 Å². The summed E-state index contributed by atoms with van der Waals surface area (Å²) in [5, 5.41) is 9.07. The van der Waals surface area contributed by atoms with Gasteiger partial charge >= 0.3 is 0 Å². The van der Waals surface area contributed by atoms with Crippen molar-refractivity contribution in [1.82, 2.24) is 0 Å². The number of halogens is 1. The minimum absolute atomic E-state index is 0.250. The minimum Gasteiger partial charge on any atom is -0.391 e. The van der Waals surface area contributed by atoms with Crippen molar-refractivity contribution in [2.75, 3.05) is 0 Å². The molecule has 0 aromatic heterocycles. The number of aliphatic hydroxyl groups is 1. The van der Waals surface area contributed by atoms with Crippen molar-refractivity contribution in [3.8, 4) is 0 Å². The van der Waals surface area contributed by atoms with Crippen LogP contribution in [0.3, 0.4) is 0 Å². The first-order chi connectivity index (χ1) is 4.63. The number of hydrogen-bond donors (Lipinski definition) is 1. The van der Waals surface area contributed by atoms with Gasteiger partial charge in [-0.25, -0.2) is 0 Å². The Kier molecular flexibility index (Phi) is 4.75. The van der Waals surface area contributed by atoms with Crippen LogP contribution in [0.15, 0.2) is 12.7 Å². The maximum Gasteiger partial charge on any atom is 0.0775 e. The summed E-state index contributed by atoms with van der Waals surface area (Å²) in [5.41, 5.74) is 0. The van der Waals surface area contributed by atoms with E-state index >= 15 is 0 Å². The minimum atomic E-state index is -0.454. The van der Waals surface area contributed by atoms with E-state index in [1.54, 1.807) is 6.08 Å². The average Bonchev–Trinajstić information content (AvgIpc) is 2.00. The van der Waals surface area contributed by atoms with Crippen molar-refractivity contribution in [3.05, 3.63) is 12.7 Å². The molecule has 0 aliphatic heterocycles. The van der Waals surface area contributed by atoms with Gasteiger partial charge in [0.25, 0.3) is 0 Å². The smallest absolute Gasteiger partial charge is 0.0775 e. The predicted molar refractivity (Wildman–Crippen MR) is 45.3 cm³/mol. The van der Waals surface area contributed by atoms with Crippen molar-refractivity contribution in [2.45, 2.75) is 31.7 Å². The van der Waals surface area contributed by atoms with E-state index in [4.69, 9.17) is 11.6 Å². The third-order valence-corrected chi connectivity index (χ3v) is 2.21. The van der Waals surface area contributed by atoms with Gasteiger partial charge in [-0.1, -0.05) is 26.3 Å². The van der Waals surface area contributed by atoms with Gasteiger partial charge in [0.05, 0.1) is 11.5 Å². The van der Waals surface area contributed by atoms with Crippen molar-refractivity contribution in [3.63, 3.8) is 0 Å².